The minimum atomic E-state index is -1.08. The zero-order valence-electron chi connectivity index (χ0n) is 23.4. The van der Waals surface area contributed by atoms with Gasteiger partial charge in [-0.2, -0.15) is 13.1 Å². The second-order valence-electron chi connectivity index (χ2n) is 4.43. The first-order valence-corrected chi connectivity index (χ1v) is 8.47. The number of aliphatic carboxylic acids is 8. The Morgan fingerprint density at radius 1 is 0.357 bits per heavy atom. The molecule has 0 aliphatic heterocycles. The SMILES string of the molecule is CC(=O)[O-].CC(=O)[O-].CC(=O)[O-].CC(=O)[O-].CC(=O)[O-].CC(=O)[O-].CC(=O)[O-].CC(=O)[O-].O.O.[Fe+2].[Fe+2].[Fe+3].[Fe+3].[NH-]CC[NH-]. The van der Waals surface area contributed by atoms with Crippen molar-refractivity contribution in [1.29, 1.82) is 0 Å². The van der Waals surface area contributed by atoms with Gasteiger partial charge in [0.1, 0.15) is 0 Å². The average Bonchev–Trinajstić information content (AvgIpc) is 2.50. The predicted molar refractivity (Wildman–Crippen MR) is 111 cm³/mol. The third kappa shape index (κ3) is 29000. The molecule has 20 nitrogen and oxygen atoms in total. The van der Waals surface area contributed by atoms with Crippen molar-refractivity contribution in [2.24, 2.45) is 0 Å². The predicted octanol–water partition coefficient (Wildman–Crippen LogP) is -10.5. The van der Waals surface area contributed by atoms with E-state index in [1.165, 1.54) is 0 Å². The molecule has 0 aliphatic carbocycles. The summed E-state index contributed by atoms with van der Waals surface area (Å²) < 4.78 is 0. The molecule has 42 heavy (non-hydrogen) atoms. The molecule has 0 aromatic heterocycles. The van der Waals surface area contributed by atoms with E-state index in [-0.39, 0.29) is 92.3 Å². The van der Waals surface area contributed by atoms with Crippen molar-refractivity contribution in [2.75, 3.05) is 13.1 Å². The maximum atomic E-state index is 8.89. The van der Waals surface area contributed by atoms with Crippen LogP contribution in [0.15, 0.2) is 0 Å². The number of carbonyl (C=O) groups is 8. The van der Waals surface area contributed by atoms with Gasteiger partial charge in [-0.15, -0.1) is 0 Å². The molecule has 0 aromatic carbocycles. The Labute approximate surface area is 285 Å². The minimum Gasteiger partial charge on any atom is -0.679 e. The van der Waals surface area contributed by atoms with Gasteiger partial charge in [0.05, 0.1) is 0 Å². The van der Waals surface area contributed by atoms with Crippen LogP contribution in [0.4, 0.5) is 0 Å². The Balaban J connectivity index is -0.0000000148. The topological polar surface area (TPSA) is 432 Å². The molecule has 0 saturated heterocycles. The first-order chi connectivity index (χ1) is 15.8. The van der Waals surface area contributed by atoms with Crippen LogP contribution in [0.2, 0.25) is 0 Å². The van der Waals surface area contributed by atoms with Crippen LogP contribution in [-0.2, 0) is 107 Å². The number of hydrogen-bond acceptors (Lipinski definition) is 16. The van der Waals surface area contributed by atoms with Crippen molar-refractivity contribution >= 4 is 47.8 Å². The Morgan fingerprint density at radius 2 is 0.381 bits per heavy atom. The summed E-state index contributed by atoms with van der Waals surface area (Å²) in [6.07, 6.45) is 0. The number of carboxylic acid groups (broad SMARTS) is 8. The zero-order chi connectivity index (χ0) is 32.0. The summed E-state index contributed by atoms with van der Waals surface area (Å²) in [5, 5.41) is 71.1. The summed E-state index contributed by atoms with van der Waals surface area (Å²) in [7, 11) is 0. The number of carbonyl (C=O) groups excluding carboxylic acids is 8. The largest absolute Gasteiger partial charge is 3.00 e. The quantitative estimate of drug-likeness (QED) is 0.223. The Hall–Kier alpha value is -2.32. The van der Waals surface area contributed by atoms with Crippen molar-refractivity contribution in [3.63, 3.8) is 0 Å². The van der Waals surface area contributed by atoms with Crippen molar-refractivity contribution < 1.29 is 158 Å². The van der Waals surface area contributed by atoms with Crippen LogP contribution in [0.1, 0.15) is 55.4 Å². The van der Waals surface area contributed by atoms with E-state index >= 15 is 0 Å². The van der Waals surface area contributed by atoms with Gasteiger partial charge in [-0.25, -0.2) is 0 Å². The summed E-state index contributed by atoms with van der Waals surface area (Å²) in [6.45, 7) is 8.25. The molecular formula is C18H34Fe4N2O18. The number of hydrogen-bond donors (Lipinski definition) is 0. The monoisotopic (exact) mass is 790 g/mol. The van der Waals surface area contributed by atoms with Crippen LogP contribution in [-0.4, -0.2) is 71.8 Å². The summed E-state index contributed by atoms with van der Waals surface area (Å²) in [5.41, 5.74) is 12.5. The average molecular weight is 790 g/mol. The summed E-state index contributed by atoms with van der Waals surface area (Å²) in [4.78, 5) is 71.1. The Kier molecular flexibility index (Phi) is 227. The molecule has 0 spiro atoms. The molecule has 2 radical (unpaired) electrons. The van der Waals surface area contributed by atoms with Crippen LogP contribution in [0, 0.1) is 0 Å². The van der Waals surface area contributed by atoms with E-state index in [4.69, 9.17) is 90.7 Å². The first-order valence-electron chi connectivity index (χ1n) is 8.47. The second kappa shape index (κ2) is 97.9. The third-order valence-electron chi connectivity index (χ3n) is 0.125. The van der Waals surface area contributed by atoms with E-state index in [9.17, 15) is 0 Å². The molecule has 0 amide bonds. The number of nitrogens with one attached hydrogen (secondary N) is 2. The van der Waals surface area contributed by atoms with Gasteiger partial charge >= 0.3 is 68.3 Å². The van der Waals surface area contributed by atoms with Crippen LogP contribution in [0.3, 0.4) is 0 Å². The van der Waals surface area contributed by atoms with Crippen molar-refractivity contribution in [3.05, 3.63) is 11.5 Å². The molecule has 0 rings (SSSR count). The van der Waals surface area contributed by atoms with Gasteiger partial charge < -0.3 is 102 Å². The first kappa shape index (κ1) is 97.5. The molecule has 0 aromatic rings. The minimum absolute atomic E-state index is 0. The molecule has 6 N–H and O–H groups in total. The maximum Gasteiger partial charge on any atom is 3.00 e. The van der Waals surface area contributed by atoms with Gasteiger partial charge in [0, 0.05) is 47.8 Å². The van der Waals surface area contributed by atoms with E-state index in [1.807, 2.05) is 0 Å². The standard InChI is InChI=1S/C2H6N2.8C2H4O2.4Fe.2H2O/c3-1-2-4;8*1-2(3)4;;;;;;/h3-4H,1-2H2;8*1H3,(H,3,4);;;;;2*1H2/q-2;;;;;;;;;2*+2;2*+3;;/p-8. The van der Waals surface area contributed by atoms with E-state index in [0.29, 0.717) is 0 Å². The summed E-state index contributed by atoms with van der Waals surface area (Å²) >= 11 is 0. The third-order valence-corrected chi connectivity index (χ3v) is 0.125. The van der Waals surface area contributed by atoms with Crippen molar-refractivity contribution in [1.82, 2.24) is 0 Å². The van der Waals surface area contributed by atoms with E-state index in [1.54, 1.807) is 0 Å². The fraction of sp³-hybridized carbons (Fsp3) is 0.556. The number of carboxylic acids is 8. The van der Waals surface area contributed by atoms with Crippen LogP contribution in [0.5, 0.6) is 0 Å². The molecule has 24 heteroatoms. The molecule has 0 heterocycles. The van der Waals surface area contributed by atoms with E-state index < -0.39 is 47.8 Å². The van der Waals surface area contributed by atoms with Crippen LogP contribution in [0.25, 0.3) is 11.5 Å². The maximum absolute atomic E-state index is 8.89. The summed E-state index contributed by atoms with van der Waals surface area (Å²) in [5.74, 6) is -8.67. The van der Waals surface area contributed by atoms with Gasteiger partial charge in [-0.3, -0.25) is 0 Å². The molecule has 0 unspecified atom stereocenters. The van der Waals surface area contributed by atoms with Crippen LogP contribution < -0.4 is 40.9 Å². The van der Waals surface area contributed by atoms with Crippen LogP contribution >= 0.6 is 0 Å². The van der Waals surface area contributed by atoms with Crippen molar-refractivity contribution in [2.45, 2.75) is 55.4 Å². The molecular weight excluding hydrogens is 756 g/mol. The van der Waals surface area contributed by atoms with Gasteiger partial charge in [0.2, 0.25) is 0 Å². The Bertz CT molecular complexity index is 421. The fourth-order valence-corrected chi connectivity index (χ4v) is 0. The normalized spacial score (nSPS) is 5.48. The molecule has 0 bridgehead atoms. The molecule has 0 aliphatic rings. The van der Waals surface area contributed by atoms with Crippen molar-refractivity contribution in [3.8, 4) is 0 Å². The smallest absolute Gasteiger partial charge is 0.679 e. The van der Waals surface area contributed by atoms with E-state index in [0.717, 1.165) is 55.4 Å². The van der Waals surface area contributed by atoms with Gasteiger partial charge in [0.25, 0.3) is 0 Å². The fourth-order valence-electron chi connectivity index (χ4n) is 0. The van der Waals surface area contributed by atoms with E-state index in [2.05, 4.69) is 0 Å². The Morgan fingerprint density at radius 3 is 0.381 bits per heavy atom. The molecule has 0 saturated carbocycles. The summed E-state index contributed by atoms with van der Waals surface area (Å²) in [6, 6.07) is 0. The zero-order valence-corrected chi connectivity index (χ0v) is 27.8. The molecule has 256 valence electrons. The van der Waals surface area contributed by atoms with Gasteiger partial charge in [-0.1, -0.05) is 0 Å². The van der Waals surface area contributed by atoms with Gasteiger partial charge in [-0.05, 0) is 55.4 Å². The second-order valence-corrected chi connectivity index (χ2v) is 4.43. The number of rotatable bonds is 1. The van der Waals surface area contributed by atoms with Gasteiger partial charge in [0.15, 0.2) is 0 Å². The molecule has 0 atom stereocenters. The molecule has 0 fully saturated rings.